The van der Waals surface area contributed by atoms with Gasteiger partial charge in [0.2, 0.25) is 11.8 Å². The van der Waals surface area contributed by atoms with Gasteiger partial charge in [-0.05, 0) is 31.0 Å². The molecule has 1 heterocycles. The molecule has 0 aromatic heterocycles. The second kappa shape index (κ2) is 8.73. The van der Waals surface area contributed by atoms with E-state index in [-0.39, 0.29) is 24.2 Å². The number of anilines is 1. The van der Waals surface area contributed by atoms with Gasteiger partial charge in [0.15, 0.2) is 0 Å². The Hall–Kier alpha value is -1.01. The van der Waals surface area contributed by atoms with Gasteiger partial charge in [0, 0.05) is 12.2 Å². The summed E-state index contributed by atoms with van der Waals surface area (Å²) in [5.74, 6) is -0.438. The number of halogens is 3. The van der Waals surface area contributed by atoms with Gasteiger partial charge in [0.05, 0.1) is 16.1 Å². The minimum Gasteiger partial charge on any atom is -0.343 e. The summed E-state index contributed by atoms with van der Waals surface area (Å²) >= 11 is 11.9. The van der Waals surface area contributed by atoms with Crippen LogP contribution in [0.1, 0.15) is 26.2 Å². The highest BCUT2D eigenvalue weighted by Crippen LogP contribution is 2.29. The summed E-state index contributed by atoms with van der Waals surface area (Å²) in [5.41, 5.74) is 6.44. The molecule has 0 bridgehead atoms. The molecule has 1 aliphatic heterocycles. The summed E-state index contributed by atoms with van der Waals surface area (Å²) in [6.45, 7) is 2.48. The van der Waals surface area contributed by atoms with Gasteiger partial charge in [-0.3, -0.25) is 9.59 Å². The molecule has 0 saturated carbocycles. The first kappa shape index (κ1) is 20.0. The monoisotopic (exact) mass is 379 g/mol. The number of rotatable bonds is 5. The Balaban J connectivity index is 0.00000264. The van der Waals surface area contributed by atoms with Crippen LogP contribution in [0, 0.1) is 0 Å². The second-order valence-corrected chi connectivity index (χ2v) is 6.15. The Bertz CT molecular complexity index is 583. The fourth-order valence-electron chi connectivity index (χ4n) is 2.44. The molecule has 1 aliphatic rings. The van der Waals surface area contributed by atoms with Gasteiger partial charge in [-0.1, -0.05) is 36.5 Å². The number of benzene rings is 1. The van der Waals surface area contributed by atoms with Crippen molar-refractivity contribution in [3.8, 4) is 0 Å². The maximum atomic E-state index is 12.4. The third-order valence-electron chi connectivity index (χ3n) is 3.67. The number of carbonyl (C=O) groups excluding carboxylic acids is 2. The molecule has 1 fully saturated rings. The van der Waals surface area contributed by atoms with Crippen LogP contribution < -0.4 is 16.0 Å². The van der Waals surface area contributed by atoms with Crippen molar-refractivity contribution in [1.82, 2.24) is 5.32 Å². The molecule has 128 valence electrons. The van der Waals surface area contributed by atoms with Gasteiger partial charge < -0.3 is 16.0 Å². The van der Waals surface area contributed by atoms with Crippen molar-refractivity contribution >= 4 is 53.1 Å². The molecule has 1 saturated heterocycles. The van der Waals surface area contributed by atoms with Crippen LogP contribution in [-0.4, -0.2) is 30.4 Å². The number of nitrogens with two attached hydrogens (primary N) is 1. The van der Waals surface area contributed by atoms with Crippen LogP contribution in [-0.2, 0) is 9.59 Å². The number of nitrogens with one attached hydrogen (secondary N) is 1. The predicted octanol–water partition coefficient (Wildman–Crippen LogP) is 2.76. The van der Waals surface area contributed by atoms with Gasteiger partial charge in [-0.25, -0.2) is 0 Å². The van der Waals surface area contributed by atoms with Gasteiger partial charge in [0.1, 0.15) is 6.04 Å². The summed E-state index contributed by atoms with van der Waals surface area (Å²) in [6, 6.07) is 3.92. The quantitative estimate of drug-likeness (QED) is 0.824. The summed E-state index contributed by atoms with van der Waals surface area (Å²) < 4.78 is 0. The number of hydrogen-bond acceptors (Lipinski definition) is 3. The largest absolute Gasteiger partial charge is 0.343 e. The van der Waals surface area contributed by atoms with Crippen LogP contribution in [0.3, 0.4) is 0 Å². The van der Waals surface area contributed by atoms with Gasteiger partial charge in [-0.15, -0.1) is 12.4 Å². The molecule has 2 rings (SSSR count). The van der Waals surface area contributed by atoms with E-state index in [1.165, 1.54) is 0 Å². The highest BCUT2D eigenvalue weighted by Gasteiger charge is 2.34. The van der Waals surface area contributed by atoms with E-state index in [1.54, 1.807) is 23.1 Å². The van der Waals surface area contributed by atoms with E-state index in [9.17, 15) is 9.59 Å². The molecule has 0 spiro atoms. The molecule has 2 atom stereocenters. The molecule has 0 aliphatic carbocycles. The van der Waals surface area contributed by atoms with E-state index < -0.39 is 12.1 Å². The van der Waals surface area contributed by atoms with E-state index in [2.05, 4.69) is 5.32 Å². The molecule has 0 radical (unpaired) electrons. The fraction of sp³-hybridized carbons (Fsp3) is 0.467. The van der Waals surface area contributed by atoms with Gasteiger partial charge in [0.25, 0.3) is 0 Å². The van der Waals surface area contributed by atoms with E-state index >= 15 is 0 Å². The molecule has 1 aromatic carbocycles. The van der Waals surface area contributed by atoms with Crippen molar-refractivity contribution in [3.63, 3.8) is 0 Å². The van der Waals surface area contributed by atoms with Gasteiger partial charge in [-0.2, -0.15) is 0 Å². The van der Waals surface area contributed by atoms with Crippen LogP contribution in [0.2, 0.25) is 10.0 Å². The molecule has 3 N–H and O–H groups in total. The highest BCUT2D eigenvalue weighted by atomic mass is 35.5. The first-order valence-corrected chi connectivity index (χ1v) is 8.02. The van der Waals surface area contributed by atoms with Crippen LogP contribution in [0.5, 0.6) is 0 Å². The van der Waals surface area contributed by atoms with Crippen molar-refractivity contribution in [3.05, 3.63) is 28.2 Å². The molecule has 2 unspecified atom stereocenters. The zero-order valence-corrected chi connectivity index (χ0v) is 15.0. The van der Waals surface area contributed by atoms with Crippen LogP contribution in [0.4, 0.5) is 5.69 Å². The van der Waals surface area contributed by atoms with Crippen molar-refractivity contribution in [2.24, 2.45) is 5.73 Å². The standard InChI is InChI=1S/C15H19Cl2N3O2.ClH/c1-2-3-12(18)14(21)19-13-6-7-20(15(13)22)9-4-5-10(16)11(17)8-9;/h4-5,8,12-13H,2-3,6-7,18H2,1H3,(H,19,21);1H. The van der Waals surface area contributed by atoms with Crippen LogP contribution in [0.15, 0.2) is 18.2 Å². The van der Waals surface area contributed by atoms with Crippen molar-refractivity contribution in [1.29, 1.82) is 0 Å². The first-order chi connectivity index (χ1) is 10.4. The highest BCUT2D eigenvalue weighted by molar-refractivity contribution is 6.42. The summed E-state index contributed by atoms with van der Waals surface area (Å²) in [7, 11) is 0. The van der Waals surface area contributed by atoms with Crippen LogP contribution >= 0.6 is 35.6 Å². The summed E-state index contributed by atoms with van der Waals surface area (Å²) in [6.07, 6.45) is 1.97. The predicted molar refractivity (Wildman–Crippen MR) is 95.5 cm³/mol. The van der Waals surface area contributed by atoms with Crippen molar-refractivity contribution in [2.45, 2.75) is 38.3 Å². The van der Waals surface area contributed by atoms with Crippen molar-refractivity contribution < 1.29 is 9.59 Å². The smallest absolute Gasteiger partial charge is 0.249 e. The molecule has 1 aromatic rings. The zero-order chi connectivity index (χ0) is 16.3. The fourth-order valence-corrected chi connectivity index (χ4v) is 2.74. The molecule has 2 amide bonds. The van der Waals surface area contributed by atoms with E-state index in [0.29, 0.717) is 35.1 Å². The minimum absolute atomic E-state index is 0. The molecule has 5 nitrogen and oxygen atoms in total. The molecular formula is C15H20Cl3N3O2. The Morgan fingerprint density at radius 2 is 2.13 bits per heavy atom. The summed E-state index contributed by atoms with van der Waals surface area (Å²) in [5, 5.41) is 3.56. The molecule has 8 heteroatoms. The minimum atomic E-state index is -0.572. The Kier molecular flexibility index (Phi) is 7.61. The average Bonchev–Trinajstić information content (AvgIpc) is 2.83. The zero-order valence-electron chi connectivity index (χ0n) is 12.7. The number of carbonyl (C=O) groups is 2. The maximum absolute atomic E-state index is 12.4. The topological polar surface area (TPSA) is 75.4 Å². The number of amides is 2. The van der Waals surface area contributed by atoms with E-state index in [0.717, 1.165) is 6.42 Å². The lowest BCUT2D eigenvalue weighted by Gasteiger charge is -2.19. The van der Waals surface area contributed by atoms with Crippen molar-refractivity contribution in [2.75, 3.05) is 11.4 Å². The Labute approximate surface area is 151 Å². The molecule has 23 heavy (non-hydrogen) atoms. The second-order valence-electron chi connectivity index (χ2n) is 5.33. The SMILES string of the molecule is CCCC(N)C(=O)NC1CCN(c2ccc(Cl)c(Cl)c2)C1=O.Cl. The van der Waals surface area contributed by atoms with E-state index in [1.807, 2.05) is 6.92 Å². The van der Waals surface area contributed by atoms with Gasteiger partial charge >= 0.3 is 0 Å². The average molecular weight is 381 g/mol. The third kappa shape index (κ3) is 4.73. The lowest BCUT2D eigenvalue weighted by Crippen LogP contribution is -2.48. The lowest BCUT2D eigenvalue weighted by molar-refractivity contribution is -0.127. The lowest BCUT2D eigenvalue weighted by atomic mass is 10.1. The molecular weight excluding hydrogens is 361 g/mol. The third-order valence-corrected chi connectivity index (χ3v) is 4.41. The first-order valence-electron chi connectivity index (χ1n) is 7.26. The van der Waals surface area contributed by atoms with E-state index in [4.69, 9.17) is 28.9 Å². The Morgan fingerprint density at radius 1 is 1.43 bits per heavy atom. The number of hydrogen-bond donors (Lipinski definition) is 2. The normalized spacial score (nSPS) is 18.5. The number of nitrogens with zero attached hydrogens (tertiary/aromatic N) is 1. The Morgan fingerprint density at radius 3 is 2.74 bits per heavy atom. The van der Waals surface area contributed by atoms with Crippen LogP contribution in [0.25, 0.3) is 0 Å². The maximum Gasteiger partial charge on any atom is 0.249 e. The summed E-state index contributed by atoms with van der Waals surface area (Å²) in [4.78, 5) is 25.9.